The maximum absolute atomic E-state index is 6.40. The minimum absolute atomic E-state index is 0.0964. The smallest absolute Gasteiger partial charge is 0.213 e. The van der Waals surface area contributed by atoms with Gasteiger partial charge < -0.3 is 4.74 Å². The number of benzene rings is 4. The van der Waals surface area contributed by atoms with Gasteiger partial charge in [0, 0.05) is 22.6 Å². The van der Waals surface area contributed by atoms with Crippen molar-refractivity contribution in [2.45, 2.75) is 18.7 Å². The number of ether oxygens (including phenoxy) is 1. The predicted molar refractivity (Wildman–Crippen MR) is 121 cm³/mol. The molecule has 0 N–H and O–H groups in total. The summed E-state index contributed by atoms with van der Waals surface area (Å²) in [5, 5.41) is 10.3. The van der Waals surface area contributed by atoms with E-state index in [9.17, 15) is 0 Å². The van der Waals surface area contributed by atoms with Gasteiger partial charge in [-0.05, 0) is 40.6 Å². The first-order chi connectivity index (χ1) is 14.8. The number of hydrogen-bond acceptors (Lipinski definition) is 3. The van der Waals surface area contributed by atoms with Crippen LogP contribution in [0.3, 0.4) is 0 Å². The van der Waals surface area contributed by atoms with Gasteiger partial charge in [0.2, 0.25) is 6.23 Å². The van der Waals surface area contributed by atoms with Crippen molar-refractivity contribution < 1.29 is 4.74 Å². The lowest BCUT2D eigenvalue weighted by Gasteiger charge is -2.38. The third-order valence-corrected chi connectivity index (χ3v) is 6.15. The van der Waals surface area contributed by atoms with E-state index in [1.54, 1.807) is 0 Å². The standard InChI is InChI=1S/C26H19ClN2O/c27-21-12-13-25-22(15-21)24-16-23(20-11-10-17-6-4-5-9-19(17)14-20)28-29(24)26(30-25)18-7-2-1-3-8-18/h1-15,24,26H,16H2. The Bertz CT molecular complexity index is 1280. The minimum Gasteiger partial charge on any atom is -0.464 e. The number of halogens is 1. The lowest BCUT2D eigenvalue weighted by Crippen LogP contribution is -2.33. The van der Waals surface area contributed by atoms with Crippen molar-refractivity contribution in [1.82, 2.24) is 5.01 Å². The van der Waals surface area contributed by atoms with Gasteiger partial charge in [-0.3, -0.25) is 0 Å². The van der Waals surface area contributed by atoms with Gasteiger partial charge in [0.1, 0.15) is 5.75 Å². The molecule has 2 aliphatic rings. The van der Waals surface area contributed by atoms with Crippen molar-refractivity contribution >= 4 is 28.1 Å². The lowest BCUT2D eigenvalue weighted by atomic mass is 9.95. The highest BCUT2D eigenvalue weighted by molar-refractivity contribution is 6.30. The SMILES string of the molecule is Clc1ccc2c(c1)C1CC(c3ccc4ccccc4c3)=NN1C(c1ccccc1)O2. The highest BCUT2D eigenvalue weighted by Crippen LogP contribution is 2.48. The summed E-state index contributed by atoms with van der Waals surface area (Å²) in [5.74, 6) is 0.879. The average Bonchev–Trinajstić information content (AvgIpc) is 3.25. The minimum atomic E-state index is -0.261. The van der Waals surface area contributed by atoms with Crippen molar-refractivity contribution in [1.29, 1.82) is 0 Å². The van der Waals surface area contributed by atoms with E-state index in [4.69, 9.17) is 21.4 Å². The number of hydrazone groups is 1. The molecule has 0 fully saturated rings. The molecule has 146 valence electrons. The van der Waals surface area contributed by atoms with E-state index in [1.807, 2.05) is 36.4 Å². The molecule has 0 amide bonds. The summed E-state index contributed by atoms with van der Waals surface area (Å²) < 4.78 is 6.40. The molecule has 0 radical (unpaired) electrons. The highest BCUT2D eigenvalue weighted by Gasteiger charge is 2.41. The Morgan fingerprint density at radius 2 is 1.63 bits per heavy atom. The van der Waals surface area contributed by atoms with Gasteiger partial charge in [0.15, 0.2) is 0 Å². The fourth-order valence-electron chi connectivity index (χ4n) is 4.44. The Balaban J connectivity index is 1.46. The van der Waals surface area contributed by atoms with Crippen molar-refractivity contribution in [2.75, 3.05) is 0 Å². The molecule has 2 atom stereocenters. The summed E-state index contributed by atoms with van der Waals surface area (Å²) in [4.78, 5) is 0. The third kappa shape index (κ3) is 2.86. The largest absolute Gasteiger partial charge is 0.464 e. The molecule has 6 rings (SSSR count). The molecule has 2 heterocycles. The summed E-state index contributed by atoms with van der Waals surface area (Å²) in [7, 11) is 0. The molecular formula is C26H19ClN2O. The van der Waals surface area contributed by atoms with E-state index in [0.717, 1.165) is 39.6 Å². The number of nitrogens with zero attached hydrogens (tertiary/aromatic N) is 2. The summed E-state index contributed by atoms with van der Waals surface area (Å²) >= 11 is 6.33. The van der Waals surface area contributed by atoms with Gasteiger partial charge in [-0.25, -0.2) is 5.01 Å². The Morgan fingerprint density at radius 3 is 2.50 bits per heavy atom. The van der Waals surface area contributed by atoms with Gasteiger partial charge in [0.05, 0.1) is 11.8 Å². The van der Waals surface area contributed by atoms with Crippen molar-refractivity contribution in [3.05, 3.63) is 113 Å². The maximum Gasteiger partial charge on any atom is 0.213 e. The summed E-state index contributed by atoms with van der Waals surface area (Å²) in [6.45, 7) is 0. The molecule has 0 saturated heterocycles. The van der Waals surface area contributed by atoms with E-state index in [-0.39, 0.29) is 12.3 Å². The normalized spacial score (nSPS) is 19.8. The number of fused-ring (bicyclic) bond motifs is 4. The molecule has 0 aliphatic carbocycles. The summed E-state index contributed by atoms with van der Waals surface area (Å²) in [6, 6.07) is 31.2. The molecule has 0 bridgehead atoms. The lowest BCUT2D eigenvalue weighted by molar-refractivity contribution is -0.0190. The monoisotopic (exact) mass is 410 g/mol. The van der Waals surface area contributed by atoms with Crippen LogP contribution in [0.5, 0.6) is 5.75 Å². The van der Waals surface area contributed by atoms with Crippen LogP contribution in [0.4, 0.5) is 0 Å². The molecule has 0 aromatic heterocycles. The quantitative estimate of drug-likeness (QED) is 0.365. The predicted octanol–water partition coefficient (Wildman–Crippen LogP) is 6.74. The van der Waals surface area contributed by atoms with E-state index < -0.39 is 0 Å². The van der Waals surface area contributed by atoms with Crippen LogP contribution >= 0.6 is 11.6 Å². The zero-order chi connectivity index (χ0) is 20.1. The number of rotatable bonds is 2. The van der Waals surface area contributed by atoms with Gasteiger partial charge in [-0.15, -0.1) is 0 Å². The number of hydrogen-bond donors (Lipinski definition) is 0. The van der Waals surface area contributed by atoms with Crippen LogP contribution in [0.15, 0.2) is 96.1 Å². The second-order valence-corrected chi connectivity index (χ2v) is 8.21. The van der Waals surface area contributed by atoms with Crippen LogP contribution in [-0.2, 0) is 0 Å². The molecule has 0 saturated carbocycles. The van der Waals surface area contributed by atoms with Crippen LogP contribution < -0.4 is 4.74 Å². The van der Waals surface area contributed by atoms with Gasteiger partial charge >= 0.3 is 0 Å². The van der Waals surface area contributed by atoms with Gasteiger partial charge in [-0.2, -0.15) is 5.10 Å². The maximum atomic E-state index is 6.40. The molecule has 4 aromatic carbocycles. The molecular weight excluding hydrogens is 392 g/mol. The van der Waals surface area contributed by atoms with Crippen LogP contribution in [0, 0.1) is 0 Å². The van der Waals surface area contributed by atoms with Crippen LogP contribution in [-0.4, -0.2) is 10.7 Å². The molecule has 3 nitrogen and oxygen atoms in total. The average molecular weight is 411 g/mol. The Kier molecular flexibility index (Phi) is 4.03. The molecule has 0 spiro atoms. The van der Waals surface area contributed by atoms with E-state index in [2.05, 4.69) is 59.6 Å². The zero-order valence-electron chi connectivity index (χ0n) is 16.2. The first-order valence-electron chi connectivity index (χ1n) is 10.1. The first-order valence-corrected chi connectivity index (χ1v) is 10.5. The molecule has 30 heavy (non-hydrogen) atoms. The van der Waals surface area contributed by atoms with Crippen molar-refractivity contribution in [3.63, 3.8) is 0 Å². The van der Waals surface area contributed by atoms with Gasteiger partial charge in [-0.1, -0.05) is 78.3 Å². The fraction of sp³-hybridized carbons (Fsp3) is 0.115. The van der Waals surface area contributed by atoms with E-state index in [1.165, 1.54) is 10.8 Å². The molecule has 2 unspecified atom stereocenters. The summed E-state index contributed by atoms with van der Waals surface area (Å²) in [5.41, 5.74) is 4.41. The second-order valence-electron chi connectivity index (χ2n) is 7.77. The van der Waals surface area contributed by atoms with E-state index >= 15 is 0 Å². The van der Waals surface area contributed by atoms with Crippen molar-refractivity contribution in [2.24, 2.45) is 5.10 Å². The molecule has 2 aliphatic heterocycles. The topological polar surface area (TPSA) is 24.8 Å². The van der Waals surface area contributed by atoms with Gasteiger partial charge in [0.25, 0.3) is 0 Å². The third-order valence-electron chi connectivity index (χ3n) is 5.92. The Labute approximate surface area is 180 Å². The molecule has 4 aromatic rings. The fourth-order valence-corrected chi connectivity index (χ4v) is 4.62. The Hall–Kier alpha value is -3.30. The molecule has 4 heteroatoms. The zero-order valence-corrected chi connectivity index (χ0v) is 17.0. The summed E-state index contributed by atoms with van der Waals surface area (Å²) in [6.07, 6.45) is 0.557. The van der Waals surface area contributed by atoms with Crippen LogP contribution in [0.1, 0.15) is 35.4 Å². The Morgan fingerprint density at radius 1 is 0.833 bits per heavy atom. The second kappa shape index (κ2) is 6.89. The first kappa shape index (κ1) is 17.5. The van der Waals surface area contributed by atoms with Crippen LogP contribution in [0.25, 0.3) is 10.8 Å². The van der Waals surface area contributed by atoms with Crippen molar-refractivity contribution in [3.8, 4) is 5.75 Å². The van der Waals surface area contributed by atoms with E-state index in [0.29, 0.717) is 0 Å². The van der Waals surface area contributed by atoms with Crippen LogP contribution in [0.2, 0.25) is 5.02 Å². The highest BCUT2D eigenvalue weighted by atomic mass is 35.5.